The third-order valence-corrected chi connectivity index (χ3v) is 3.46. The summed E-state index contributed by atoms with van der Waals surface area (Å²) in [6.07, 6.45) is 6.90. The van der Waals surface area contributed by atoms with Crippen molar-refractivity contribution in [3.63, 3.8) is 0 Å². The lowest BCUT2D eigenvalue weighted by molar-refractivity contribution is 0.0991. The van der Waals surface area contributed by atoms with E-state index in [-0.39, 0.29) is 17.6 Å². The molecule has 0 aliphatic carbocycles. The number of anilines is 1. The highest BCUT2D eigenvalue weighted by Crippen LogP contribution is 2.18. The number of nitrogens with one attached hydrogen (secondary N) is 1. The summed E-state index contributed by atoms with van der Waals surface area (Å²) in [7, 11) is 0. The lowest BCUT2D eigenvalue weighted by atomic mass is 10.3. The second-order valence-electron chi connectivity index (χ2n) is 4.40. The van der Waals surface area contributed by atoms with Crippen LogP contribution in [-0.2, 0) is 6.54 Å². The Bertz CT molecular complexity index is 768. The largest absolute Gasteiger partial charge is 0.445 e. The van der Waals surface area contributed by atoms with E-state index < -0.39 is 0 Å². The van der Waals surface area contributed by atoms with Gasteiger partial charge in [-0.2, -0.15) is 0 Å². The number of aromatic nitrogens is 4. The molecule has 0 atom stereocenters. The number of pyridine rings is 1. The van der Waals surface area contributed by atoms with E-state index in [2.05, 4.69) is 20.4 Å². The third-order valence-electron chi connectivity index (χ3n) is 2.84. The first-order valence-electron chi connectivity index (χ1n) is 6.48. The predicted octanol–water partition coefficient (Wildman–Crippen LogP) is 2.29. The molecule has 0 aliphatic rings. The number of nitrogens with zero attached hydrogens (tertiary/aromatic N) is 4. The van der Waals surface area contributed by atoms with Gasteiger partial charge in [0, 0.05) is 12.4 Å². The van der Waals surface area contributed by atoms with Crippen molar-refractivity contribution in [1.82, 2.24) is 19.7 Å². The van der Waals surface area contributed by atoms with Gasteiger partial charge in [0.1, 0.15) is 6.33 Å². The molecular weight excluding hydrogens is 302 g/mol. The van der Waals surface area contributed by atoms with Gasteiger partial charge < -0.3 is 4.42 Å². The lowest BCUT2D eigenvalue weighted by Gasteiger charge is -2.00. The van der Waals surface area contributed by atoms with E-state index in [1.165, 1.54) is 11.8 Å². The van der Waals surface area contributed by atoms with Gasteiger partial charge in [0.2, 0.25) is 5.95 Å². The molecule has 0 spiro atoms. The van der Waals surface area contributed by atoms with Crippen LogP contribution in [0.5, 0.6) is 0 Å². The topological polar surface area (TPSA) is 85.8 Å². The number of carbonyl (C=O) groups is 1. The molecule has 1 N–H and O–H groups in total. The molecule has 0 bridgehead atoms. The zero-order valence-electron chi connectivity index (χ0n) is 11.8. The highest BCUT2D eigenvalue weighted by atomic mass is 32.2. The maximum Gasteiger partial charge on any atom is 0.293 e. The van der Waals surface area contributed by atoms with Crippen molar-refractivity contribution in [1.29, 1.82) is 0 Å². The van der Waals surface area contributed by atoms with E-state index in [0.29, 0.717) is 11.6 Å². The summed E-state index contributed by atoms with van der Waals surface area (Å²) in [6, 6.07) is 7.16. The second kappa shape index (κ2) is 6.44. The summed E-state index contributed by atoms with van der Waals surface area (Å²) in [6.45, 7) is 0.536. The smallest absolute Gasteiger partial charge is 0.293 e. The summed E-state index contributed by atoms with van der Waals surface area (Å²) in [4.78, 5) is 20.1. The van der Waals surface area contributed by atoms with Crippen LogP contribution in [0.1, 0.15) is 16.1 Å². The number of hydrogen-bond donors (Lipinski definition) is 1. The molecule has 22 heavy (non-hydrogen) atoms. The van der Waals surface area contributed by atoms with Crippen molar-refractivity contribution in [3.05, 3.63) is 54.3 Å². The fraction of sp³-hybridized carbons (Fsp3) is 0.143. The average Bonchev–Trinajstić information content (AvgIpc) is 3.17. The van der Waals surface area contributed by atoms with Crippen LogP contribution in [0.2, 0.25) is 0 Å². The molecule has 0 fully saturated rings. The van der Waals surface area contributed by atoms with Crippen LogP contribution in [0.3, 0.4) is 0 Å². The normalized spacial score (nSPS) is 10.6. The van der Waals surface area contributed by atoms with Crippen molar-refractivity contribution < 1.29 is 9.21 Å². The van der Waals surface area contributed by atoms with Crippen molar-refractivity contribution >= 4 is 23.6 Å². The third kappa shape index (κ3) is 3.34. The Labute approximate surface area is 130 Å². The first-order chi connectivity index (χ1) is 10.7. The number of amides is 1. The molecule has 8 heteroatoms. The molecule has 3 aromatic heterocycles. The van der Waals surface area contributed by atoms with Crippen molar-refractivity contribution in [3.8, 4) is 0 Å². The molecule has 1 amide bonds. The summed E-state index contributed by atoms with van der Waals surface area (Å²) >= 11 is 1.43. The molecule has 7 nitrogen and oxygen atoms in total. The highest BCUT2D eigenvalue weighted by molar-refractivity contribution is 7.98. The van der Waals surface area contributed by atoms with Crippen LogP contribution in [0.15, 0.2) is 52.5 Å². The lowest BCUT2D eigenvalue weighted by Crippen LogP contribution is -2.12. The van der Waals surface area contributed by atoms with Crippen LogP contribution in [0.25, 0.3) is 0 Å². The second-order valence-corrected chi connectivity index (χ2v) is 5.21. The number of carbonyl (C=O) groups excluding carboxylic acids is 1. The van der Waals surface area contributed by atoms with Gasteiger partial charge in [-0.15, -0.1) is 5.10 Å². The maximum absolute atomic E-state index is 12.0. The van der Waals surface area contributed by atoms with Gasteiger partial charge in [-0.3, -0.25) is 15.1 Å². The Morgan fingerprint density at radius 3 is 3.05 bits per heavy atom. The minimum absolute atomic E-state index is 0.230. The van der Waals surface area contributed by atoms with Gasteiger partial charge in [0.25, 0.3) is 5.91 Å². The summed E-state index contributed by atoms with van der Waals surface area (Å²) < 4.78 is 6.98. The van der Waals surface area contributed by atoms with E-state index in [9.17, 15) is 4.79 Å². The minimum atomic E-state index is -0.376. The van der Waals surface area contributed by atoms with Crippen LogP contribution in [0.4, 0.5) is 5.95 Å². The van der Waals surface area contributed by atoms with Crippen molar-refractivity contribution in [2.75, 3.05) is 11.6 Å². The fourth-order valence-electron chi connectivity index (χ4n) is 1.82. The molecule has 3 rings (SSSR count). The van der Waals surface area contributed by atoms with Gasteiger partial charge >= 0.3 is 0 Å². The van der Waals surface area contributed by atoms with Gasteiger partial charge in [-0.05, 0) is 30.0 Å². The monoisotopic (exact) mass is 315 g/mol. The maximum atomic E-state index is 12.0. The van der Waals surface area contributed by atoms with Gasteiger partial charge in [-0.1, -0.05) is 17.8 Å². The fourth-order valence-corrected chi connectivity index (χ4v) is 2.20. The van der Waals surface area contributed by atoms with E-state index in [0.717, 1.165) is 5.56 Å². The molecule has 0 aromatic carbocycles. The van der Waals surface area contributed by atoms with Gasteiger partial charge in [0.05, 0.1) is 6.54 Å². The van der Waals surface area contributed by atoms with E-state index in [1.54, 1.807) is 35.5 Å². The highest BCUT2D eigenvalue weighted by Gasteiger charge is 2.13. The van der Waals surface area contributed by atoms with Crippen molar-refractivity contribution in [2.45, 2.75) is 11.6 Å². The standard InChI is InChI=1S/C14H13N5O2S/c1-22-12-5-4-11(21-12)13(20)17-14-16-9-19(18-14)8-10-3-2-6-15-7-10/h2-7,9H,8H2,1H3,(H,17,18,20). The molecule has 0 saturated carbocycles. The molecule has 0 unspecified atom stereocenters. The quantitative estimate of drug-likeness (QED) is 0.727. The Hall–Kier alpha value is -2.61. The molecule has 0 radical (unpaired) electrons. The summed E-state index contributed by atoms with van der Waals surface area (Å²) in [5.41, 5.74) is 1.00. The van der Waals surface area contributed by atoms with Crippen LogP contribution in [0, 0.1) is 0 Å². The molecule has 0 saturated heterocycles. The number of furan rings is 1. The molecule has 3 heterocycles. The number of rotatable bonds is 5. The Kier molecular flexibility index (Phi) is 4.19. The summed E-state index contributed by atoms with van der Waals surface area (Å²) in [5.74, 6) is 0.0865. The predicted molar refractivity (Wildman–Crippen MR) is 81.8 cm³/mol. The van der Waals surface area contributed by atoms with Crippen LogP contribution >= 0.6 is 11.8 Å². The Morgan fingerprint density at radius 1 is 1.41 bits per heavy atom. The first-order valence-corrected chi connectivity index (χ1v) is 7.70. The number of hydrogen-bond acceptors (Lipinski definition) is 6. The van der Waals surface area contributed by atoms with Gasteiger partial charge in [-0.25, -0.2) is 9.67 Å². The molecular formula is C14H13N5O2S. The van der Waals surface area contributed by atoms with Gasteiger partial charge in [0.15, 0.2) is 10.9 Å². The zero-order valence-corrected chi connectivity index (χ0v) is 12.6. The summed E-state index contributed by atoms with van der Waals surface area (Å²) in [5, 5.41) is 7.48. The average molecular weight is 315 g/mol. The van der Waals surface area contributed by atoms with Crippen molar-refractivity contribution in [2.24, 2.45) is 0 Å². The van der Waals surface area contributed by atoms with Crippen LogP contribution < -0.4 is 5.32 Å². The molecule has 0 aliphatic heterocycles. The minimum Gasteiger partial charge on any atom is -0.445 e. The van der Waals surface area contributed by atoms with E-state index in [1.807, 2.05) is 18.4 Å². The SMILES string of the molecule is CSc1ccc(C(=O)Nc2ncn(Cc3cccnc3)n2)o1. The van der Waals surface area contributed by atoms with Crippen LogP contribution in [-0.4, -0.2) is 31.9 Å². The zero-order chi connectivity index (χ0) is 15.4. The Balaban J connectivity index is 1.65. The van der Waals surface area contributed by atoms with E-state index >= 15 is 0 Å². The number of thioether (sulfide) groups is 1. The van der Waals surface area contributed by atoms with E-state index in [4.69, 9.17) is 4.42 Å². The molecule has 3 aromatic rings. The molecule has 112 valence electrons. The first kappa shape index (κ1) is 14.3. The Morgan fingerprint density at radius 2 is 2.32 bits per heavy atom.